The molecular formula is C45H64N2O6. The van der Waals surface area contributed by atoms with E-state index in [2.05, 4.69) is 58.8 Å². The van der Waals surface area contributed by atoms with Crippen LogP contribution in [0.2, 0.25) is 0 Å². The largest absolute Gasteiger partial charge is 0.481 e. The fourth-order valence-electron chi connectivity index (χ4n) is 14.2. The second-order valence-electron chi connectivity index (χ2n) is 20.5. The van der Waals surface area contributed by atoms with E-state index in [4.69, 9.17) is 4.74 Å². The Morgan fingerprint density at radius 3 is 2.28 bits per heavy atom. The van der Waals surface area contributed by atoms with E-state index in [0.29, 0.717) is 48.5 Å². The van der Waals surface area contributed by atoms with E-state index in [-0.39, 0.29) is 56.9 Å². The third-order valence-corrected chi connectivity index (χ3v) is 17.4. The lowest BCUT2D eigenvalue weighted by Gasteiger charge is -2.72. The Morgan fingerprint density at radius 2 is 1.64 bits per heavy atom. The molecule has 1 aromatic rings. The SMILES string of the molecule is CC(C)C1=C2[C@H]3CC[C@@H]4[C@@]5(C)CC[C@H](OC(=O)[C@H]6C[C@@H](C(=O)O)C6(C)C)C(C)(C)[C@@H]5CC[C@@]4(C)[C@]3(C)CC[C@@]2(CCNC(=O)c2cccnc2)CC1=O. The minimum absolute atomic E-state index is 0.0520. The van der Waals surface area contributed by atoms with E-state index in [1.54, 1.807) is 24.5 Å². The standard InChI is InChI=1S/C45H64N2O6/c1-26(2)35-31(48)24-45(20-22-47-37(49)27-11-10-21-46-25-27)19-18-43(8)28(36(35)45)12-13-33-42(7)16-15-34(41(5,6)32(42)14-17-44(33,43)9)53-39(52)30-23-29(38(50)51)40(30,3)4/h10-11,21,25-26,28-30,32-34H,12-20,22-24H2,1-9H3,(H,47,49)(H,50,51)/t28-,29+,30-,32+,33-,34+,42+,43-,44-,45-/m1/s1. The highest BCUT2D eigenvalue weighted by molar-refractivity contribution is 6.00. The molecule has 7 rings (SSSR count). The summed E-state index contributed by atoms with van der Waals surface area (Å²) in [6.45, 7) is 21.1. The number of rotatable bonds is 8. The van der Waals surface area contributed by atoms with E-state index in [0.717, 1.165) is 63.4 Å². The predicted molar refractivity (Wildman–Crippen MR) is 204 cm³/mol. The Hall–Kier alpha value is -3.03. The first-order valence-corrected chi connectivity index (χ1v) is 20.6. The normalized spacial score (nSPS) is 41.0. The Labute approximate surface area is 317 Å². The van der Waals surface area contributed by atoms with Crippen molar-refractivity contribution in [2.75, 3.05) is 6.54 Å². The van der Waals surface area contributed by atoms with Crippen LogP contribution in [0.1, 0.15) is 143 Å². The molecule has 0 unspecified atom stereocenters. The number of carboxylic acid groups (broad SMARTS) is 1. The van der Waals surface area contributed by atoms with Gasteiger partial charge in [0.1, 0.15) is 6.10 Å². The number of aliphatic carboxylic acids is 1. The van der Waals surface area contributed by atoms with Gasteiger partial charge in [-0.3, -0.25) is 24.2 Å². The molecule has 5 fully saturated rings. The van der Waals surface area contributed by atoms with Crippen LogP contribution in [0.3, 0.4) is 0 Å². The van der Waals surface area contributed by atoms with Crippen molar-refractivity contribution < 1.29 is 29.0 Å². The highest BCUT2D eigenvalue weighted by atomic mass is 16.5. The number of Topliss-reactive ketones (excluding diaryl/α,β-unsaturated/α-hetero) is 1. The molecule has 1 amide bonds. The van der Waals surface area contributed by atoms with Gasteiger partial charge in [0.05, 0.1) is 17.4 Å². The summed E-state index contributed by atoms with van der Waals surface area (Å²) in [5.41, 5.74) is 2.33. The predicted octanol–water partition coefficient (Wildman–Crippen LogP) is 8.84. The molecular weight excluding hydrogens is 665 g/mol. The number of pyridine rings is 1. The van der Waals surface area contributed by atoms with Crippen molar-refractivity contribution in [1.29, 1.82) is 0 Å². The van der Waals surface area contributed by atoms with Crippen LogP contribution in [-0.2, 0) is 19.1 Å². The van der Waals surface area contributed by atoms with E-state index in [9.17, 15) is 24.3 Å². The molecule has 0 radical (unpaired) electrons. The van der Waals surface area contributed by atoms with Gasteiger partial charge in [-0.25, -0.2) is 0 Å². The van der Waals surface area contributed by atoms with Gasteiger partial charge in [-0.15, -0.1) is 0 Å². The Morgan fingerprint density at radius 1 is 0.906 bits per heavy atom. The number of ketones is 1. The lowest BCUT2D eigenvalue weighted by Crippen LogP contribution is -2.66. The Kier molecular flexibility index (Phi) is 9.21. The molecule has 5 saturated carbocycles. The summed E-state index contributed by atoms with van der Waals surface area (Å²) in [6.07, 6.45) is 13.1. The summed E-state index contributed by atoms with van der Waals surface area (Å²) in [5, 5.41) is 12.8. The van der Waals surface area contributed by atoms with Crippen LogP contribution in [0.4, 0.5) is 0 Å². The summed E-state index contributed by atoms with van der Waals surface area (Å²) in [6, 6.07) is 3.57. The van der Waals surface area contributed by atoms with Crippen molar-refractivity contribution in [3.8, 4) is 0 Å². The van der Waals surface area contributed by atoms with Crippen LogP contribution in [-0.4, -0.2) is 46.4 Å². The van der Waals surface area contributed by atoms with Gasteiger partial charge in [0, 0.05) is 36.2 Å². The molecule has 0 saturated heterocycles. The summed E-state index contributed by atoms with van der Waals surface area (Å²) >= 11 is 0. The minimum atomic E-state index is -0.827. The lowest BCUT2D eigenvalue weighted by molar-refractivity contribution is -0.236. The van der Waals surface area contributed by atoms with Crippen molar-refractivity contribution in [3.05, 3.63) is 41.2 Å². The van der Waals surface area contributed by atoms with Gasteiger partial charge in [-0.2, -0.15) is 0 Å². The first kappa shape index (κ1) is 38.3. The van der Waals surface area contributed by atoms with E-state index >= 15 is 0 Å². The molecule has 8 nitrogen and oxygen atoms in total. The Balaban J connectivity index is 1.12. The highest BCUT2D eigenvalue weighted by Gasteiger charge is 2.70. The van der Waals surface area contributed by atoms with Crippen molar-refractivity contribution in [3.63, 3.8) is 0 Å². The van der Waals surface area contributed by atoms with Crippen LogP contribution in [0.5, 0.6) is 0 Å². The van der Waals surface area contributed by atoms with Crippen molar-refractivity contribution in [1.82, 2.24) is 10.3 Å². The van der Waals surface area contributed by atoms with Gasteiger partial charge in [-0.05, 0) is 127 Å². The molecule has 10 atom stereocenters. The smallest absolute Gasteiger partial charge is 0.309 e. The molecule has 0 aliphatic heterocycles. The number of ether oxygens (including phenoxy) is 1. The van der Waals surface area contributed by atoms with Gasteiger partial charge < -0.3 is 15.2 Å². The highest BCUT2D eigenvalue weighted by Crippen LogP contribution is 2.77. The number of esters is 1. The van der Waals surface area contributed by atoms with E-state index in [1.165, 1.54) is 5.57 Å². The number of hydrogen-bond acceptors (Lipinski definition) is 6. The summed E-state index contributed by atoms with van der Waals surface area (Å²) in [5.74, 6) is -0.264. The quantitative estimate of drug-likeness (QED) is 0.257. The second kappa shape index (κ2) is 12.8. The minimum Gasteiger partial charge on any atom is -0.481 e. The number of aromatic nitrogens is 1. The van der Waals surface area contributed by atoms with Gasteiger partial charge in [0.25, 0.3) is 5.91 Å². The molecule has 1 heterocycles. The maximum Gasteiger partial charge on any atom is 0.309 e. The number of allylic oxidation sites excluding steroid dienone is 2. The first-order chi connectivity index (χ1) is 24.7. The molecule has 0 aromatic carbocycles. The number of carboxylic acids is 1. The number of nitrogens with one attached hydrogen (secondary N) is 1. The maximum absolute atomic E-state index is 14.0. The fraction of sp³-hybridized carbons (Fsp3) is 0.756. The topological polar surface area (TPSA) is 123 Å². The molecule has 6 aliphatic rings. The molecule has 6 aliphatic carbocycles. The fourth-order valence-corrected chi connectivity index (χ4v) is 14.2. The van der Waals surface area contributed by atoms with Crippen LogP contribution < -0.4 is 5.32 Å². The molecule has 53 heavy (non-hydrogen) atoms. The van der Waals surface area contributed by atoms with Crippen LogP contribution in [0.15, 0.2) is 35.7 Å². The summed E-state index contributed by atoms with van der Waals surface area (Å²) < 4.78 is 6.41. The zero-order valence-corrected chi connectivity index (χ0v) is 33.8. The zero-order valence-electron chi connectivity index (χ0n) is 33.8. The average Bonchev–Trinajstić information content (AvgIpc) is 3.38. The number of nitrogens with zero attached hydrogens (tertiary/aromatic N) is 1. The maximum atomic E-state index is 14.0. The molecule has 8 heteroatoms. The second-order valence-corrected chi connectivity index (χ2v) is 20.5. The summed E-state index contributed by atoms with van der Waals surface area (Å²) in [4.78, 5) is 56.5. The lowest BCUT2D eigenvalue weighted by atomic mass is 9.33. The van der Waals surface area contributed by atoms with Crippen molar-refractivity contribution in [2.45, 2.75) is 139 Å². The number of amides is 1. The molecule has 0 bridgehead atoms. The third kappa shape index (κ3) is 5.51. The van der Waals surface area contributed by atoms with Crippen LogP contribution in [0.25, 0.3) is 0 Å². The van der Waals surface area contributed by atoms with Crippen molar-refractivity contribution >= 4 is 23.6 Å². The van der Waals surface area contributed by atoms with Crippen LogP contribution in [0, 0.1) is 68.0 Å². The average molecular weight is 729 g/mol. The summed E-state index contributed by atoms with van der Waals surface area (Å²) in [7, 11) is 0. The first-order valence-electron chi connectivity index (χ1n) is 20.6. The van der Waals surface area contributed by atoms with Gasteiger partial charge in [0.15, 0.2) is 5.78 Å². The van der Waals surface area contributed by atoms with E-state index in [1.807, 2.05) is 13.8 Å². The number of carbonyl (C=O) groups is 4. The molecule has 1 aromatic heterocycles. The van der Waals surface area contributed by atoms with Gasteiger partial charge in [-0.1, -0.05) is 67.9 Å². The van der Waals surface area contributed by atoms with Gasteiger partial charge in [0.2, 0.25) is 0 Å². The Bertz CT molecular complexity index is 1710. The number of fused-ring (bicyclic) bond motifs is 7. The molecule has 2 N–H and O–H groups in total. The van der Waals surface area contributed by atoms with Crippen molar-refractivity contribution in [2.24, 2.45) is 68.0 Å². The number of carbonyl (C=O) groups excluding carboxylic acids is 3. The molecule has 0 spiro atoms. The van der Waals surface area contributed by atoms with E-state index < -0.39 is 17.3 Å². The third-order valence-electron chi connectivity index (χ3n) is 17.4. The van der Waals surface area contributed by atoms with Crippen LogP contribution >= 0.6 is 0 Å². The zero-order chi connectivity index (χ0) is 38.5. The van der Waals surface area contributed by atoms with Gasteiger partial charge >= 0.3 is 11.9 Å². The molecule has 290 valence electrons. The number of hydrogen-bond donors (Lipinski definition) is 2. The monoisotopic (exact) mass is 728 g/mol.